The molecule has 27 heavy (non-hydrogen) atoms. The second kappa shape index (κ2) is 7.85. The van der Waals surface area contributed by atoms with Crippen LogP contribution in [-0.2, 0) is 9.84 Å². The number of benzene rings is 1. The molecule has 0 radical (unpaired) electrons. The lowest BCUT2D eigenvalue weighted by atomic mass is 9.75. The molecule has 0 aromatic heterocycles. The van der Waals surface area contributed by atoms with Crippen LogP contribution in [0.5, 0.6) is 5.75 Å². The van der Waals surface area contributed by atoms with Crippen molar-refractivity contribution in [3.8, 4) is 5.75 Å². The third-order valence-electron chi connectivity index (χ3n) is 5.94. The molecule has 0 amide bonds. The largest absolute Gasteiger partial charge is 0.493 e. The number of sulfone groups is 1. The molecule has 3 atom stereocenters. The van der Waals surface area contributed by atoms with Crippen molar-refractivity contribution >= 4 is 21.6 Å². The van der Waals surface area contributed by atoms with Crippen molar-refractivity contribution in [2.45, 2.75) is 49.4 Å². The second-order valence-corrected chi connectivity index (χ2v) is 11.1. The molecule has 0 N–H and O–H groups in total. The van der Waals surface area contributed by atoms with E-state index in [0.29, 0.717) is 18.3 Å². The highest BCUT2D eigenvalue weighted by Crippen LogP contribution is 2.64. The van der Waals surface area contributed by atoms with Crippen molar-refractivity contribution in [2.24, 2.45) is 17.3 Å². The normalized spacial score (nSPS) is 28.3. The number of hydrogen-bond acceptors (Lipinski definition) is 4. The van der Waals surface area contributed by atoms with Crippen LogP contribution in [0.4, 0.5) is 13.2 Å². The Kier molecular flexibility index (Phi) is 6.06. The monoisotopic (exact) mass is 422 g/mol. The van der Waals surface area contributed by atoms with Crippen LogP contribution in [0.25, 0.3) is 0 Å². The van der Waals surface area contributed by atoms with Gasteiger partial charge in [0.05, 0.1) is 12.4 Å². The lowest BCUT2D eigenvalue weighted by molar-refractivity contribution is -0.0328. The molecule has 0 saturated heterocycles. The SMILES string of the molecule is CCS(=O)(=O)CC1C[C@]12CCCC[C@@H]2COc1ccc(SC(F)(F)F)cc1. The molecular formula is C19H25F3O3S2. The molecule has 0 aliphatic heterocycles. The molecular weight excluding hydrogens is 397 g/mol. The number of alkyl halides is 3. The predicted octanol–water partition coefficient (Wildman–Crippen LogP) is 5.31. The Hall–Kier alpha value is -0.890. The summed E-state index contributed by atoms with van der Waals surface area (Å²) in [7, 11) is -2.98. The summed E-state index contributed by atoms with van der Waals surface area (Å²) < 4.78 is 67.0. The first-order chi connectivity index (χ1) is 12.6. The molecule has 8 heteroatoms. The first kappa shape index (κ1) is 20.8. The van der Waals surface area contributed by atoms with E-state index in [0.717, 1.165) is 32.1 Å². The van der Waals surface area contributed by atoms with Gasteiger partial charge in [0, 0.05) is 10.6 Å². The van der Waals surface area contributed by atoms with Crippen LogP contribution >= 0.6 is 11.8 Å². The minimum absolute atomic E-state index is 0.0760. The van der Waals surface area contributed by atoms with E-state index in [2.05, 4.69) is 0 Å². The first-order valence-corrected chi connectivity index (χ1v) is 12.0. The summed E-state index contributed by atoms with van der Waals surface area (Å²) in [6.45, 7) is 2.18. The fourth-order valence-electron chi connectivity index (χ4n) is 4.38. The highest BCUT2D eigenvalue weighted by atomic mass is 32.2. The van der Waals surface area contributed by atoms with Crippen molar-refractivity contribution in [2.75, 3.05) is 18.1 Å². The van der Waals surface area contributed by atoms with Crippen molar-refractivity contribution in [3.05, 3.63) is 24.3 Å². The standard InChI is InChI=1S/C19H25F3O3S2/c1-2-27(23,24)13-15-11-18(15)10-4-3-5-14(18)12-25-16-6-8-17(9-7-16)26-19(20,21)22/h6-9,14-15H,2-5,10-13H2,1H3/t14-,15?,18+/m1/s1. The number of ether oxygens (including phenoxy) is 1. The van der Waals surface area contributed by atoms with E-state index >= 15 is 0 Å². The van der Waals surface area contributed by atoms with Gasteiger partial charge >= 0.3 is 5.51 Å². The Morgan fingerprint density at radius 3 is 2.52 bits per heavy atom. The lowest BCUT2D eigenvalue weighted by Gasteiger charge is -2.33. The predicted molar refractivity (Wildman–Crippen MR) is 101 cm³/mol. The van der Waals surface area contributed by atoms with Crippen LogP contribution in [0.1, 0.15) is 39.0 Å². The molecule has 2 saturated carbocycles. The maximum absolute atomic E-state index is 12.4. The molecule has 3 nitrogen and oxygen atoms in total. The highest BCUT2D eigenvalue weighted by molar-refractivity contribution is 8.00. The van der Waals surface area contributed by atoms with Gasteiger partial charge in [0.25, 0.3) is 0 Å². The minimum atomic E-state index is -4.29. The molecule has 2 aliphatic rings. The van der Waals surface area contributed by atoms with Gasteiger partial charge < -0.3 is 4.74 Å². The van der Waals surface area contributed by atoms with Crippen LogP contribution in [0.15, 0.2) is 29.2 Å². The van der Waals surface area contributed by atoms with Crippen LogP contribution < -0.4 is 4.74 Å². The van der Waals surface area contributed by atoms with Gasteiger partial charge in [-0.3, -0.25) is 0 Å². The fourth-order valence-corrected chi connectivity index (χ4v) is 6.21. The molecule has 0 heterocycles. The Balaban J connectivity index is 1.58. The Morgan fingerprint density at radius 2 is 1.89 bits per heavy atom. The average Bonchev–Trinajstić information content (AvgIpc) is 3.25. The van der Waals surface area contributed by atoms with Gasteiger partial charge in [0.2, 0.25) is 0 Å². The molecule has 2 fully saturated rings. The van der Waals surface area contributed by atoms with Crippen LogP contribution in [0.3, 0.4) is 0 Å². The van der Waals surface area contributed by atoms with E-state index in [-0.39, 0.29) is 39.5 Å². The first-order valence-electron chi connectivity index (χ1n) is 9.32. The summed E-state index contributed by atoms with van der Waals surface area (Å²) >= 11 is -0.139. The third kappa shape index (κ3) is 5.34. The van der Waals surface area contributed by atoms with Crippen LogP contribution in [0.2, 0.25) is 0 Å². The number of halogens is 3. The topological polar surface area (TPSA) is 43.4 Å². The van der Waals surface area contributed by atoms with E-state index in [1.165, 1.54) is 12.1 Å². The van der Waals surface area contributed by atoms with Gasteiger partial charge in [-0.2, -0.15) is 13.2 Å². The summed E-state index contributed by atoms with van der Waals surface area (Å²) in [5.41, 5.74) is -4.22. The van der Waals surface area contributed by atoms with Crippen molar-refractivity contribution < 1.29 is 26.3 Å². The van der Waals surface area contributed by atoms with E-state index in [1.54, 1.807) is 19.1 Å². The number of rotatable bonds is 7. The van der Waals surface area contributed by atoms with E-state index in [4.69, 9.17) is 4.74 Å². The Labute approximate surface area is 163 Å². The Bertz CT molecular complexity index is 746. The molecule has 1 aromatic carbocycles. The number of thioether (sulfide) groups is 1. The molecule has 0 bridgehead atoms. The lowest BCUT2D eigenvalue weighted by Crippen LogP contribution is -2.30. The minimum Gasteiger partial charge on any atom is -0.493 e. The maximum Gasteiger partial charge on any atom is 0.446 e. The molecule has 1 unspecified atom stereocenters. The zero-order valence-electron chi connectivity index (χ0n) is 15.3. The molecule has 2 aliphatic carbocycles. The zero-order chi connectivity index (χ0) is 19.7. The smallest absolute Gasteiger partial charge is 0.446 e. The van der Waals surface area contributed by atoms with Crippen molar-refractivity contribution in [1.82, 2.24) is 0 Å². The summed E-state index contributed by atoms with van der Waals surface area (Å²) in [5, 5.41) is 0. The summed E-state index contributed by atoms with van der Waals surface area (Å²) in [4.78, 5) is 0.135. The van der Waals surface area contributed by atoms with Gasteiger partial charge in [-0.05, 0) is 72.5 Å². The third-order valence-corrected chi connectivity index (χ3v) is 8.47. The van der Waals surface area contributed by atoms with Gasteiger partial charge in [-0.15, -0.1) is 0 Å². The second-order valence-electron chi connectivity index (χ2n) is 7.61. The average molecular weight is 423 g/mol. The van der Waals surface area contributed by atoms with Gasteiger partial charge in [-0.1, -0.05) is 19.8 Å². The van der Waals surface area contributed by atoms with Crippen LogP contribution in [0, 0.1) is 17.3 Å². The molecule has 1 aromatic rings. The Morgan fingerprint density at radius 1 is 1.19 bits per heavy atom. The van der Waals surface area contributed by atoms with E-state index < -0.39 is 15.3 Å². The molecule has 3 rings (SSSR count). The van der Waals surface area contributed by atoms with Crippen molar-refractivity contribution in [1.29, 1.82) is 0 Å². The maximum atomic E-state index is 12.4. The summed E-state index contributed by atoms with van der Waals surface area (Å²) in [6.07, 6.45) is 5.25. The fraction of sp³-hybridized carbons (Fsp3) is 0.684. The van der Waals surface area contributed by atoms with Gasteiger partial charge in [-0.25, -0.2) is 8.42 Å². The van der Waals surface area contributed by atoms with Gasteiger partial charge in [0.1, 0.15) is 15.6 Å². The van der Waals surface area contributed by atoms with E-state index in [9.17, 15) is 21.6 Å². The highest BCUT2D eigenvalue weighted by Gasteiger charge is 2.59. The molecule has 152 valence electrons. The molecule has 1 spiro atoms. The summed E-state index contributed by atoms with van der Waals surface area (Å²) in [6, 6.07) is 5.96. The van der Waals surface area contributed by atoms with Crippen molar-refractivity contribution in [3.63, 3.8) is 0 Å². The quantitative estimate of drug-likeness (QED) is 0.559. The van der Waals surface area contributed by atoms with Gasteiger partial charge in [0.15, 0.2) is 0 Å². The van der Waals surface area contributed by atoms with Crippen LogP contribution in [-0.4, -0.2) is 32.0 Å². The number of hydrogen-bond donors (Lipinski definition) is 0. The summed E-state index contributed by atoms with van der Waals surface area (Å²) in [5.74, 6) is 1.54. The van der Waals surface area contributed by atoms with E-state index in [1.807, 2.05) is 0 Å². The zero-order valence-corrected chi connectivity index (χ0v) is 16.9.